The quantitative estimate of drug-likeness (QED) is 0.257. The van der Waals surface area contributed by atoms with Crippen molar-refractivity contribution in [1.82, 2.24) is 0 Å². The Morgan fingerprint density at radius 3 is 2.41 bits per heavy atom. The lowest BCUT2D eigenvalue weighted by molar-refractivity contribution is -0.384. The van der Waals surface area contributed by atoms with Crippen molar-refractivity contribution in [1.29, 1.82) is 0 Å². The van der Waals surface area contributed by atoms with Crippen LogP contribution in [0.15, 0.2) is 105 Å². The predicted molar refractivity (Wildman–Crippen MR) is 121 cm³/mol. The van der Waals surface area contributed by atoms with Gasteiger partial charge in [-0.2, -0.15) is 0 Å². The molecule has 0 aliphatic carbocycles. The predicted octanol–water partition coefficient (Wildman–Crippen LogP) is 6.17. The second-order valence-electron chi connectivity index (χ2n) is 6.67. The van der Waals surface area contributed by atoms with Crippen molar-refractivity contribution in [3.05, 3.63) is 113 Å². The van der Waals surface area contributed by atoms with Crippen LogP contribution in [0.25, 0.3) is 0 Å². The highest BCUT2D eigenvalue weighted by atomic mass is 32.2. The summed E-state index contributed by atoms with van der Waals surface area (Å²) >= 11 is 1.56. The number of benzene rings is 3. The normalized spacial score (nSPS) is 10.5. The number of carbonyl (C=O) groups is 1. The zero-order valence-electron chi connectivity index (χ0n) is 16.8. The fraction of sp³-hybridized carbons (Fsp3) is 0.0417. The highest BCUT2D eigenvalue weighted by Crippen LogP contribution is 2.33. The number of carbonyl (C=O) groups excluding carboxylic acids is 1. The van der Waals surface area contributed by atoms with Crippen LogP contribution in [-0.4, -0.2) is 10.8 Å². The summed E-state index contributed by atoms with van der Waals surface area (Å²) in [5.74, 6) is 0.713. The molecule has 0 saturated heterocycles. The average molecular weight is 446 g/mol. The lowest BCUT2D eigenvalue weighted by Crippen LogP contribution is -2.11. The minimum Gasteiger partial charge on any atom is -0.486 e. The molecular weight excluding hydrogens is 428 g/mol. The lowest BCUT2D eigenvalue weighted by Gasteiger charge is -2.10. The largest absolute Gasteiger partial charge is 0.486 e. The minimum absolute atomic E-state index is 0.0139. The van der Waals surface area contributed by atoms with Gasteiger partial charge in [0.25, 0.3) is 11.6 Å². The van der Waals surface area contributed by atoms with E-state index in [0.29, 0.717) is 17.2 Å². The molecule has 0 saturated carbocycles. The van der Waals surface area contributed by atoms with E-state index in [-0.39, 0.29) is 24.0 Å². The van der Waals surface area contributed by atoms with Crippen LogP contribution in [0.1, 0.15) is 16.3 Å². The van der Waals surface area contributed by atoms with E-state index in [1.165, 1.54) is 24.3 Å². The van der Waals surface area contributed by atoms with E-state index in [1.54, 1.807) is 23.9 Å². The molecule has 0 fully saturated rings. The number of hydrogen-bond acceptors (Lipinski definition) is 6. The number of hydrogen-bond donors (Lipinski definition) is 1. The highest BCUT2D eigenvalue weighted by molar-refractivity contribution is 7.99. The van der Waals surface area contributed by atoms with Crippen LogP contribution in [0.4, 0.5) is 11.4 Å². The summed E-state index contributed by atoms with van der Waals surface area (Å²) in [6.07, 6.45) is 0. The summed E-state index contributed by atoms with van der Waals surface area (Å²) in [4.78, 5) is 24.9. The first-order chi connectivity index (χ1) is 15.6. The number of amides is 1. The number of nitrogens with one attached hydrogen (secondary N) is 1. The maximum absolute atomic E-state index is 12.7. The third-order valence-electron chi connectivity index (χ3n) is 4.42. The van der Waals surface area contributed by atoms with Crippen molar-refractivity contribution in [3.8, 4) is 5.75 Å². The van der Waals surface area contributed by atoms with E-state index >= 15 is 0 Å². The van der Waals surface area contributed by atoms with Gasteiger partial charge in [-0.3, -0.25) is 14.9 Å². The van der Waals surface area contributed by atoms with Gasteiger partial charge in [0.2, 0.25) is 0 Å². The van der Waals surface area contributed by atoms with E-state index in [1.807, 2.05) is 54.6 Å². The van der Waals surface area contributed by atoms with Gasteiger partial charge >= 0.3 is 0 Å². The Bertz CT molecular complexity index is 1220. The van der Waals surface area contributed by atoms with Gasteiger partial charge in [0, 0.05) is 21.9 Å². The summed E-state index contributed by atoms with van der Waals surface area (Å²) < 4.78 is 11.2. The lowest BCUT2D eigenvalue weighted by atomic mass is 10.3. The van der Waals surface area contributed by atoms with Gasteiger partial charge in [0.1, 0.15) is 18.1 Å². The molecule has 160 valence electrons. The molecule has 3 aromatic carbocycles. The molecule has 4 aromatic rings. The summed E-state index contributed by atoms with van der Waals surface area (Å²) in [5.41, 5.74) is 0.673. The Hall–Kier alpha value is -4.04. The fourth-order valence-corrected chi connectivity index (χ4v) is 3.78. The number of non-ortho nitro benzene ring substituents is 1. The van der Waals surface area contributed by atoms with Crippen molar-refractivity contribution in [2.45, 2.75) is 16.4 Å². The van der Waals surface area contributed by atoms with E-state index in [0.717, 1.165) is 9.79 Å². The molecule has 1 amide bonds. The van der Waals surface area contributed by atoms with Gasteiger partial charge in [0.15, 0.2) is 5.76 Å². The van der Waals surface area contributed by atoms with Crippen LogP contribution < -0.4 is 10.1 Å². The molecule has 0 unspecified atom stereocenters. The van der Waals surface area contributed by atoms with E-state index in [4.69, 9.17) is 9.15 Å². The van der Waals surface area contributed by atoms with Crippen LogP contribution in [0.2, 0.25) is 0 Å². The summed E-state index contributed by atoms with van der Waals surface area (Å²) in [5, 5.41) is 13.6. The number of ether oxygens (including phenoxy) is 1. The zero-order valence-corrected chi connectivity index (χ0v) is 17.6. The van der Waals surface area contributed by atoms with E-state index < -0.39 is 4.92 Å². The Morgan fingerprint density at radius 1 is 0.938 bits per heavy atom. The Kier molecular flexibility index (Phi) is 6.52. The third kappa shape index (κ3) is 5.35. The first-order valence-electron chi connectivity index (χ1n) is 9.68. The molecule has 0 spiro atoms. The Labute approximate surface area is 188 Å². The van der Waals surface area contributed by atoms with E-state index in [2.05, 4.69) is 5.32 Å². The number of para-hydroxylation sites is 1. The smallest absolute Gasteiger partial charge is 0.291 e. The van der Waals surface area contributed by atoms with Gasteiger partial charge < -0.3 is 14.5 Å². The molecular formula is C24H18N2O5S. The molecule has 0 aliphatic rings. The van der Waals surface area contributed by atoms with Gasteiger partial charge in [-0.1, -0.05) is 42.1 Å². The zero-order chi connectivity index (χ0) is 22.3. The van der Waals surface area contributed by atoms with Gasteiger partial charge in [0.05, 0.1) is 10.6 Å². The summed E-state index contributed by atoms with van der Waals surface area (Å²) in [7, 11) is 0. The van der Waals surface area contributed by atoms with Crippen molar-refractivity contribution in [2.24, 2.45) is 0 Å². The molecule has 8 heteroatoms. The molecule has 32 heavy (non-hydrogen) atoms. The Morgan fingerprint density at radius 2 is 1.66 bits per heavy atom. The van der Waals surface area contributed by atoms with Gasteiger partial charge in [-0.15, -0.1) is 0 Å². The first-order valence-corrected chi connectivity index (χ1v) is 10.5. The van der Waals surface area contributed by atoms with Crippen LogP contribution in [0.5, 0.6) is 5.75 Å². The number of rotatable bonds is 8. The molecule has 1 aromatic heterocycles. The summed E-state index contributed by atoms with van der Waals surface area (Å²) in [6.45, 7) is 0.0888. The first kappa shape index (κ1) is 21.2. The second-order valence-corrected chi connectivity index (χ2v) is 7.79. The van der Waals surface area contributed by atoms with Crippen molar-refractivity contribution >= 4 is 29.0 Å². The van der Waals surface area contributed by atoms with Crippen LogP contribution in [0, 0.1) is 10.1 Å². The average Bonchev–Trinajstić information content (AvgIpc) is 3.29. The van der Waals surface area contributed by atoms with Crippen molar-refractivity contribution < 1.29 is 18.9 Å². The molecule has 0 bridgehead atoms. The van der Waals surface area contributed by atoms with Crippen LogP contribution >= 0.6 is 11.8 Å². The molecule has 1 N–H and O–H groups in total. The molecule has 0 radical (unpaired) electrons. The number of nitro benzene ring substituents is 1. The van der Waals surface area contributed by atoms with Gasteiger partial charge in [-0.05, 0) is 48.5 Å². The van der Waals surface area contributed by atoms with E-state index in [9.17, 15) is 14.9 Å². The number of furan rings is 1. The second kappa shape index (κ2) is 9.84. The molecule has 0 atom stereocenters. The highest BCUT2D eigenvalue weighted by Gasteiger charge is 2.14. The number of anilines is 1. The Balaban J connectivity index is 1.38. The topological polar surface area (TPSA) is 94.6 Å². The SMILES string of the molecule is O=C(Nc1ccccc1Sc1ccccc1)c1ccc(COc2ccc([N+](=O)[O-])cc2)o1. The van der Waals surface area contributed by atoms with Crippen molar-refractivity contribution in [3.63, 3.8) is 0 Å². The van der Waals surface area contributed by atoms with Crippen LogP contribution in [-0.2, 0) is 6.61 Å². The standard InChI is InChI=1S/C24H18N2O5S/c27-24(25-21-8-4-5-9-23(21)32-20-6-2-1-3-7-20)22-15-14-19(31-22)16-30-18-12-10-17(11-13-18)26(28)29/h1-15H,16H2,(H,25,27). The minimum atomic E-state index is -0.474. The molecule has 1 heterocycles. The number of nitro groups is 1. The maximum Gasteiger partial charge on any atom is 0.291 e. The molecule has 4 rings (SSSR count). The molecule has 0 aliphatic heterocycles. The monoisotopic (exact) mass is 446 g/mol. The maximum atomic E-state index is 12.7. The fourth-order valence-electron chi connectivity index (χ4n) is 2.85. The summed E-state index contributed by atoms with van der Waals surface area (Å²) in [6, 6.07) is 26.4. The van der Waals surface area contributed by atoms with Crippen LogP contribution in [0.3, 0.4) is 0 Å². The molecule has 7 nitrogen and oxygen atoms in total. The van der Waals surface area contributed by atoms with Gasteiger partial charge in [-0.25, -0.2) is 0 Å². The van der Waals surface area contributed by atoms with Crippen molar-refractivity contribution in [2.75, 3.05) is 5.32 Å². The third-order valence-corrected chi connectivity index (χ3v) is 5.50. The number of nitrogens with zero attached hydrogens (tertiary/aromatic N) is 1.